The number of carboxylic acids is 1. The summed E-state index contributed by atoms with van der Waals surface area (Å²) in [7, 11) is 0. The molecule has 0 bridgehead atoms. The van der Waals surface area contributed by atoms with Gasteiger partial charge in [-0.3, -0.25) is 14.5 Å². The normalized spacial score (nSPS) is 13.7. The number of carbonyl (C=O) groups excluding carboxylic acids is 2. The smallest absolute Gasteiger partial charge is 0.353 e. The van der Waals surface area contributed by atoms with E-state index in [2.05, 4.69) is 4.98 Å². The van der Waals surface area contributed by atoms with Crippen molar-refractivity contribution in [2.24, 2.45) is 0 Å². The first-order valence-corrected chi connectivity index (χ1v) is 5.94. The predicted octanol–water partition coefficient (Wildman–Crippen LogP) is 1.51. The molecule has 1 aliphatic heterocycles. The monoisotopic (exact) mass is 270 g/mol. The second kappa shape index (κ2) is 4.34. The van der Waals surface area contributed by atoms with Crippen molar-refractivity contribution in [3.05, 3.63) is 58.9 Å². The molecule has 0 fully saturated rings. The number of rotatable bonds is 3. The van der Waals surface area contributed by atoms with Gasteiger partial charge in [-0.05, 0) is 5.56 Å². The van der Waals surface area contributed by atoms with Crippen LogP contribution in [-0.2, 0) is 6.54 Å². The van der Waals surface area contributed by atoms with E-state index in [-0.39, 0.29) is 23.4 Å². The highest BCUT2D eigenvalue weighted by atomic mass is 16.4. The molecule has 0 aliphatic carbocycles. The van der Waals surface area contributed by atoms with Gasteiger partial charge in [-0.2, -0.15) is 0 Å². The van der Waals surface area contributed by atoms with Gasteiger partial charge in [0.05, 0.1) is 17.7 Å². The molecule has 100 valence electrons. The fraction of sp³-hybridized carbons (Fsp3) is 0.0714. The molecule has 2 aromatic rings. The number of aromatic nitrogens is 1. The molecule has 6 nitrogen and oxygen atoms in total. The van der Waals surface area contributed by atoms with Crippen molar-refractivity contribution in [1.82, 2.24) is 9.88 Å². The van der Waals surface area contributed by atoms with Gasteiger partial charge < -0.3 is 10.1 Å². The zero-order valence-corrected chi connectivity index (χ0v) is 10.3. The molecule has 1 aromatic heterocycles. The van der Waals surface area contributed by atoms with Crippen LogP contribution < -0.4 is 0 Å². The summed E-state index contributed by atoms with van der Waals surface area (Å²) in [5.41, 5.74) is 0.621. The Morgan fingerprint density at radius 2 is 1.85 bits per heavy atom. The van der Waals surface area contributed by atoms with Crippen LogP contribution in [0.3, 0.4) is 0 Å². The van der Waals surface area contributed by atoms with E-state index in [0.717, 1.165) is 10.5 Å². The van der Waals surface area contributed by atoms with E-state index in [1.54, 1.807) is 12.1 Å². The van der Waals surface area contributed by atoms with Crippen LogP contribution in [0, 0.1) is 0 Å². The van der Waals surface area contributed by atoms with Crippen LogP contribution in [0.15, 0.2) is 36.5 Å². The second-order valence-corrected chi connectivity index (χ2v) is 4.44. The van der Waals surface area contributed by atoms with Crippen LogP contribution >= 0.6 is 0 Å². The Labute approximate surface area is 113 Å². The number of H-pyrrole nitrogens is 1. The molecule has 1 aromatic carbocycles. The Balaban J connectivity index is 1.96. The number of aromatic carboxylic acids is 1. The van der Waals surface area contributed by atoms with E-state index in [0.29, 0.717) is 0 Å². The Morgan fingerprint density at radius 1 is 1.15 bits per heavy atom. The fourth-order valence-corrected chi connectivity index (χ4v) is 2.27. The Bertz CT molecular complexity index is 718. The molecule has 6 heteroatoms. The number of imide groups is 1. The molecule has 20 heavy (non-hydrogen) atoms. The van der Waals surface area contributed by atoms with Crippen LogP contribution in [0.2, 0.25) is 0 Å². The standard InChI is InChI=1S/C14H10N2O4/c17-12-9-6-15-11(14(19)20)10(9)13(18)16(12)7-8-4-2-1-3-5-8/h1-6,15H,7H2,(H,19,20). The molecule has 2 heterocycles. The van der Waals surface area contributed by atoms with Gasteiger partial charge in [0.15, 0.2) is 0 Å². The summed E-state index contributed by atoms with van der Waals surface area (Å²) in [5.74, 6) is -2.31. The molecule has 1 aliphatic rings. The first-order chi connectivity index (χ1) is 9.59. The topological polar surface area (TPSA) is 90.5 Å². The number of carboxylic acid groups (broad SMARTS) is 1. The highest BCUT2D eigenvalue weighted by Gasteiger charge is 2.40. The summed E-state index contributed by atoms with van der Waals surface area (Å²) in [4.78, 5) is 38.9. The minimum absolute atomic E-state index is 0.0570. The number of nitrogens with one attached hydrogen (secondary N) is 1. The number of amides is 2. The third-order valence-electron chi connectivity index (χ3n) is 3.21. The van der Waals surface area contributed by atoms with E-state index in [9.17, 15) is 14.4 Å². The van der Waals surface area contributed by atoms with Crippen molar-refractivity contribution in [2.75, 3.05) is 0 Å². The number of carbonyl (C=O) groups is 3. The molecule has 0 unspecified atom stereocenters. The van der Waals surface area contributed by atoms with Crippen LogP contribution in [0.1, 0.15) is 36.8 Å². The van der Waals surface area contributed by atoms with Crippen molar-refractivity contribution >= 4 is 17.8 Å². The second-order valence-electron chi connectivity index (χ2n) is 4.44. The lowest BCUT2D eigenvalue weighted by atomic mass is 10.2. The zero-order valence-electron chi connectivity index (χ0n) is 10.3. The molecular weight excluding hydrogens is 260 g/mol. The van der Waals surface area contributed by atoms with Crippen molar-refractivity contribution in [3.63, 3.8) is 0 Å². The molecular formula is C14H10N2O4. The maximum atomic E-state index is 12.2. The highest BCUT2D eigenvalue weighted by Crippen LogP contribution is 2.27. The number of benzene rings is 1. The number of fused-ring (bicyclic) bond motifs is 1. The van der Waals surface area contributed by atoms with Crippen molar-refractivity contribution in [3.8, 4) is 0 Å². The summed E-state index contributed by atoms with van der Waals surface area (Å²) in [6, 6.07) is 9.05. The molecule has 2 N–H and O–H groups in total. The molecule has 0 spiro atoms. The Hall–Kier alpha value is -2.89. The van der Waals surface area contributed by atoms with Crippen molar-refractivity contribution in [1.29, 1.82) is 0 Å². The van der Waals surface area contributed by atoms with Gasteiger partial charge in [-0.1, -0.05) is 30.3 Å². The lowest BCUT2D eigenvalue weighted by molar-refractivity contribution is 0.0623. The zero-order chi connectivity index (χ0) is 14.3. The summed E-state index contributed by atoms with van der Waals surface area (Å²) >= 11 is 0. The van der Waals surface area contributed by atoms with E-state index < -0.39 is 17.8 Å². The Kier molecular flexibility index (Phi) is 2.64. The third-order valence-corrected chi connectivity index (χ3v) is 3.21. The van der Waals surface area contributed by atoms with Gasteiger partial charge in [0.2, 0.25) is 0 Å². The lowest BCUT2D eigenvalue weighted by Gasteiger charge is -2.14. The maximum Gasteiger partial charge on any atom is 0.353 e. The van der Waals surface area contributed by atoms with Gasteiger partial charge in [-0.15, -0.1) is 0 Å². The average molecular weight is 270 g/mol. The summed E-state index contributed by atoms with van der Waals surface area (Å²) in [6.07, 6.45) is 1.27. The summed E-state index contributed by atoms with van der Waals surface area (Å²) in [6.45, 7) is 0.131. The summed E-state index contributed by atoms with van der Waals surface area (Å²) in [5, 5.41) is 9.00. The predicted molar refractivity (Wildman–Crippen MR) is 68.4 cm³/mol. The van der Waals surface area contributed by atoms with Crippen molar-refractivity contribution < 1.29 is 19.5 Å². The third kappa shape index (κ3) is 1.70. The molecule has 0 saturated heterocycles. The lowest BCUT2D eigenvalue weighted by Crippen LogP contribution is -2.30. The minimum Gasteiger partial charge on any atom is -0.477 e. The van der Waals surface area contributed by atoms with Crippen molar-refractivity contribution in [2.45, 2.75) is 6.54 Å². The first-order valence-electron chi connectivity index (χ1n) is 5.94. The van der Waals surface area contributed by atoms with Crippen LogP contribution in [0.5, 0.6) is 0 Å². The molecule has 0 radical (unpaired) electrons. The number of hydrogen-bond donors (Lipinski definition) is 2. The largest absolute Gasteiger partial charge is 0.477 e. The number of nitrogens with zero attached hydrogens (tertiary/aromatic N) is 1. The van der Waals surface area contributed by atoms with Gasteiger partial charge in [-0.25, -0.2) is 4.79 Å². The SMILES string of the molecule is O=C(O)c1[nH]cc2c1C(=O)N(Cc1ccccc1)C2=O. The van der Waals surface area contributed by atoms with Gasteiger partial charge in [0, 0.05) is 6.20 Å². The average Bonchev–Trinajstić information content (AvgIpc) is 2.97. The van der Waals surface area contributed by atoms with Gasteiger partial charge >= 0.3 is 5.97 Å². The minimum atomic E-state index is -1.26. The van der Waals surface area contributed by atoms with E-state index >= 15 is 0 Å². The molecule has 3 rings (SSSR count). The fourth-order valence-electron chi connectivity index (χ4n) is 2.27. The van der Waals surface area contributed by atoms with Gasteiger partial charge in [0.1, 0.15) is 5.69 Å². The van der Waals surface area contributed by atoms with E-state index in [1.807, 2.05) is 18.2 Å². The quantitative estimate of drug-likeness (QED) is 0.827. The molecule has 2 amide bonds. The highest BCUT2D eigenvalue weighted by molar-refractivity contribution is 6.24. The Morgan fingerprint density at radius 3 is 2.50 bits per heavy atom. The molecule has 0 atom stereocenters. The van der Waals surface area contributed by atoms with Crippen LogP contribution in [-0.4, -0.2) is 32.8 Å². The molecule has 0 saturated carbocycles. The van der Waals surface area contributed by atoms with Crippen LogP contribution in [0.4, 0.5) is 0 Å². The van der Waals surface area contributed by atoms with E-state index in [4.69, 9.17) is 5.11 Å². The van der Waals surface area contributed by atoms with Crippen LogP contribution in [0.25, 0.3) is 0 Å². The van der Waals surface area contributed by atoms with E-state index in [1.165, 1.54) is 6.20 Å². The first kappa shape index (κ1) is 12.2. The van der Waals surface area contributed by atoms with Gasteiger partial charge in [0.25, 0.3) is 11.8 Å². The maximum absolute atomic E-state index is 12.2. The summed E-state index contributed by atoms with van der Waals surface area (Å²) < 4.78 is 0. The number of hydrogen-bond acceptors (Lipinski definition) is 3. The number of aromatic amines is 1.